The largest absolute Gasteiger partial charge is 0.481 e. The molecule has 0 heterocycles. The second-order valence-corrected chi connectivity index (χ2v) is 7.47. The first kappa shape index (κ1) is 13.6. The number of sulfonamides is 1. The van der Waals surface area contributed by atoms with E-state index < -0.39 is 16.0 Å². The molecule has 2 N–H and O–H groups in total. The van der Waals surface area contributed by atoms with E-state index in [1.807, 2.05) is 18.2 Å². The minimum atomic E-state index is -3.35. The number of nitrogens with one attached hydrogen (secondary N) is 1. The van der Waals surface area contributed by atoms with E-state index in [1.54, 1.807) is 12.1 Å². The van der Waals surface area contributed by atoms with E-state index in [4.69, 9.17) is 5.11 Å². The zero-order chi connectivity index (χ0) is 14.3. The molecule has 2 fully saturated rings. The molecule has 0 radical (unpaired) electrons. The topological polar surface area (TPSA) is 83.5 Å². The van der Waals surface area contributed by atoms with Crippen LogP contribution >= 0.6 is 0 Å². The molecule has 0 spiro atoms. The van der Waals surface area contributed by atoms with Gasteiger partial charge in [0.05, 0.1) is 11.7 Å². The first-order chi connectivity index (χ1) is 9.46. The SMILES string of the molecule is O=C(O)[C@@H]1C[C@@H]1[C@@H]1C[C@@H]1NS(=O)(=O)Cc1ccccc1. The molecule has 3 rings (SSSR count). The zero-order valence-corrected chi connectivity index (χ0v) is 11.7. The highest BCUT2D eigenvalue weighted by atomic mass is 32.2. The van der Waals surface area contributed by atoms with Gasteiger partial charge >= 0.3 is 5.97 Å². The van der Waals surface area contributed by atoms with Crippen LogP contribution in [0.4, 0.5) is 0 Å². The molecule has 0 aliphatic heterocycles. The molecule has 0 saturated heterocycles. The van der Waals surface area contributed by atoms with Crippen LogP contribution in [0.2, 0.25) is 0 Å². The second kappa shape index (κ2) is 4.86. The van der Waals surface area contributed by atoms with Gasteiger partial charge < -0.3 is 5.11 Å². The third-order valence-electron chi connectivity index (χ3n) is 4.08. The van der Waals surface area contributed by atoms with Gasteiger partial charge in [0.25, 0.3) is 0 Å². The van der Waals surface area contributed by atoms with E-state index in [0.29, 0.717) is 6.42 Å². The van der Waals surface area contributed by atoms with Crippen molar-refractivity contribution >= 4 is 16.0 Å². The van der Waals surface area contributed by atoms with E-state index in [2.05, 4.69) is 4.72 Å². The molecule has 108 valence electrons. The lowest BCUT2D eigenvalue weighted by atomic mass is 10.2. The second-order valence-electron chi connectivity index (χ2n) is 5.71. The number of carboxylic acids is 1. The van der Waals surface area contributed by atoms with Crippen molar-refractivity contribution in [3.8, 4) is 0 Å². The predicted octanol–water partition coefficient (Wildman–Crippen LogP) is 1.22. The van der Waals surface area contributed by atoms with Crippen LogP contribution in [-0.2, 0) is 20.6 Å². The van der Waals surface area contributed by atoms with Crippen molar-refractivity contribution in [3.63, 3.8) is 0 Å². The molecule has 0 bridgehead atoms. The number of carbonyl (C=O) groups is 1. The lowest BCUT2D eigenvalue weighted by molar-refractivity contribution is -0.138. The number of hydrogen-bond donors (Lipinski definition) is 2. The Balaban J connectivity index is 1.53. The molecule has 0 aromatic heterocycles. The van der Waals surface area contributed by atoms with Gasteiger partial charge in [0.2, 0.25) is 10.0 Å². The minimum absolute atomic E-state index is 0.0237. The smallest absolute Gasteiger partial charge is 0.306 e. The lowest BCUT2D eigenvalue weighted by Crippen LogP contribution is -2.28. The summed E-state index contributed by atoms with van der Waals surface area (Å²) in [5, 5.41) is 8.88. The van der Waals surface area contributed by atoms with Gasteiger partial charge in [0.15, 0.2) is 0 Å². The van der Waals surface area contributed by atoms with Gasteiger partial charge in [-0.05, 0) is 30.2 Å². The Morgan fingerprint density at radius 2 is 1.90 bits per heavy atom. The molecule has 2 aliphatic carbocycles. The number of aliphatic carboxylic acids is 1. The molecular formula is C14H17NO4S. The Kier molecular flexibility index (Phi) is 3.30. The number of rotatable bonds is 6. The zero-order valence-electron chi connectivity index (χ0n) is 10.9. The number of benzene rings is 1. The summed E-state index contributed by atoms with van der Waals surface area (Å²) in [5.74, 6) is -0.667. The van der Waals surface area contributed by atoms with Crippen molar-refractivity contribution in [2.75, 3.05) is 0 Å². The van der Waals surface area contributed by atoms with Gasteiger partial charge in [-0.3, -0.25) is 4.79 Å². The minimum Gasteiger partial charge on any atom is -0.481 e. The maximum absolute atomic E-state index is 12.0. The Morgan fingerprint density at radius 3 is 2.50 bits per heavy atom. The quantitative estimate of drug-likeness (QED) is 0.826. The molecule has 0 amide bonds. The molecular weight excluding hydrogens is 278 g/mol. The maximum atomic E-state index is 12.0. The fraction of sp³-hybridized carbons (Fsp3) is 0.500. The Labute approximate surface area is 118 Å². The van der Waals surface area contributed by atoms with Crippen molar-refractivity contribution in [3.05, 3.63) is 35.9 Å². The average Bonchev–Trinajstić information content (AvgIpc) is 3.21. The van der Waals surface area contributed by atoms with E-state index >= 15 is 0 Å². The van der Waals surface area contributed by atoms with Gasteiger partial charge in [-0.1, -0.05) is 30.3 Å². The van der Waals surface area contributed by atoms with Crippen molar-refractivity contribution in [1.82, 2.24) is 4.72 Å². The van der Waals surface area contributed by atoms with E-state index in [0.717, 1.165) is 12.0 Å². The van der Waals surface area contributed by atoms with E-state index in [1.165, 1.54) is 0 Å². The van der Waals surface area contributed by atoms with Crippen LogP contribution in [0.15, 0.2) is 30.3 Å². The standard InChI is InChI=1S/C14H17NO4S/c16-14(17)12-6-10(12)11-7-13(11)15-20(18,19)8-9-4-2-1-3-5-9/h1-5,10-13,15H,6-8H2,(H,16,17)/t10-,11+,12-,13+/m1/s1. The summed E-state index contributed by atoms with van der Waals surface area (Å²) >= 11 is 0. The fourth-order valence-corrected chi connectivity index (χ4v) is 4.31. The van der Waals surface area contributed by atoms with Crippen LogP contribution in [-0.4, -0.2) is 25.5 Å². The van der Waals surface area contributed by atoms with Crippen molar-refractivity contribution in [2.24, 2.45) is 17.8 Å². The van der Waals surface area contributed by atoms with Crippen LogP contribution in [0.1, 0.15) is 18.4 Å². The molecule has 2 aliphatic rings. The van der Waals surface area contributed by atoms with Gasteiger partial charge in [0, 0.05) is 6.04 Å². The monoisotopic (exact) mass is 295 g/mol. The molecule has 4 atom stereocenters. The predicted molar refractivity (Wildman–Crippen MR) is 73.3 cm³/mol. The summed E-state index contributed by atoms with van der Waals surface area (Å²) in [5.41, 5.74) is 0.757. The fourth-order valence-electron chi connectivity index (χ4n) is 2.86. The number of carboxylic acid groups (broad SMARTS) is 1. The van der Waals surface area contributed by atoms with Gasteiger partial charge in [-0.15, -0.1) is 0 Å². The summed E-state index contributed by atoms with van der Waals surface area (Å²) in [6.07, 6.45) is 1.46. The van der Waals surface area contributed by atoms with Gasteiger partial charge in [-0.2, -0.15) is 0 Å². The normalized spacial score (nSPS) is 31.8. The summed E-state index contributed by atoms with van der Waals surface area (Å²) < 4.78 is 26.7. The summed E-state index contributed by atoms with van der Waals surface area (Å²) in [7, 11) is -3.35. The average molecular weight is 295 g/mol. The van der Waals surface area contributed by atoms with Crippen LogP contribution in [0.3, 0.4) is 0 Å². The first-order valence-electron chi connectivity index (χ1n) is 6.73. The maximum Gasteiger partial charge on any atom is 0.306 e. The van der Waals surface area contributed by atoms with E-state index in [9.17, 15) is 13.2 Å². The lowest BCUT2D eigenvalue weighted by Gasteiger charge is -2.06. The van der Waals surface area contributed by atoms with Crippen LogP contribution < -0.4 is 4.72 Å². The molecule has 2 saturated carbocycles. The van der Waals surface area contributed by atoms with Gasteiger partial charge in [0.1, 0.15) is 0 Å². The molecule has 0 unspecified atom stereocenters. The summed E-state index contributed by atoms with van der Waals surface area (Å²) in [4.78, 5) is 10.8. The summed E-state index contributed by atoms with van der Waals surface area (Å²) in [6, 6.07) is 8.96. The Morgan fingerprint density at radius 1 is 1.20 bits per heavy atom. The van der Waals surface area contributed by atoms with Gasteiger partial charge in [-0.25, -0.2) is 13.1 Å². The summed E-state index contributed by atoms with van der Waals surface area (Å²) in [6.45, 7) is 0. The number of hydrogen-bond acceptors (Lipinski definition) is 3. The molecule has 5 nitrogen and oxygen atoms in total. The Hall–Kier alpha value is -1.40. The van der Waals surface area contributed by atoms with Crippen LogP contribution in [0, 0.1) is 17.8 Å². The van der Waals surface area contributed by atoms with Crippen LogP contribution in [0.5, 0.6) is 0 Å². The van der Waals surface area contributed by atoms with Crippen molar-refractivity contribution in [2.45, 2.75) is 24.6 Å². The highest BCUT2D eigenvalue weighted by Gasteiger charge is 2.57. The molecule has 1 aromatic rings. The van der Waals surface area contributed by atoms with Crippen molar-refractivity contribution in [1.29, 1.82) is 0 Å². The third-order valence-corrected chi connectivity index (χ3v) is 5.45. The highest BCUT2D eigenvalue weighted by Crippen LogP contribution is 2.54. The molecule has 6 heteroatoms. The third kappa shape index (κ3) is 3.02. The Bertz CT molecular complexity index is 613. The highest BCUT2D eigenvalue weighted by molar-refractivity contribution is 7.88. The molecule has 20 heavy (non-hydrogen) atoms. The van der Waals surface area contributed by atoms with Crippen molar-refractivity contribution < 1.29 is 18.3 Å². The molecule has 1 aromatic carbocycles. The van der Waals surface area contributed by atoms with E-state index in [-0.39, 0.29) is 29.5 Å². The first-order valence-corrected chi connectivity index (χ1v) is 8.38. The van der Waals surface area contributed by atoms with Crippen LogP contribution in [0.25, 0.3) is 0 Å².